The molecule has 10 nitrogen and oxygen atoms in total. The molecule has 0 aromatic rings. The van der Waals surface area contributed by atoms with Gasteiger partial charge in [0.15, 0.2) is 11.6 Å². The van der Waals surface area contributed by atoms with Gasteiger partial charge in [-0.3, -0.25) is 4.84 Å². The number of ether oxygens (including phenoxy) is 7. The SMILES string of the molecule is COC(=O)C(OC)(OC)C1CC2C3OC(C)(C)OC3C(C3COC(C)(C)O3)N2O1. The van der Waals surface area contributed by atoms with E-state index in [9.17, 15) is 4.79 Å². The highest BCUT2D eigenvalue weighted by atomic mass is 16.8. The fourth-order valence-corrected chi connectivity index (χ4v) is 4.96. The van der Waals surface area contributed by atoms with Crippen LogP contribution in [0.4, 0.5) is 0 Å². The summed E-state index contributed by atoms with van der Waals surface area (Å²) in [5.74, 6) is -3.76. The van der Waals surface area contributed by atoms with Gasteiger partial charge in [0.2, 0.25) is 0 Å². The van der Waals surface area contributed by atoms with Crippen LogP contribution >= 0.6 is 0 Å². The minimum atomic E-state index is -1.68. The van der Waals surface area contributed by atoms with Crippen LogP contribution < -0.4 is 0 Å². The molecule has 0 aromatic carbocycles. The molecule has 29 heavy (non-hydrogen) atoms. The predicted molar refractivity (Wildman–Crippen MR) is 96.4 cm³/mol. The largest absolute Gasteiger partial charge is 0.465 e. The zero-order chi connectivity index (χ0) is 21.2. The van der Waals surface area contributed by atoms with E-state index in [0.29, 0.717) is 13.0 Å². The quantitative estimate of drug-likeness (QED) is 0.467. The van der Waals surface area contributed by atoms with Gasteiger partial charge in [-0.25, -0.2) is 4.79 Å². The van der Waals surface area contributed by atoms with Gasteiger partial charge in [0.25, 0.3) is 5.79 Å². The zero-order valence-corrected chi connectivity index (χ0v) is 18.0. The summed E-state index contributed by atoms with van der Waals surface area (Å²) in [7, 11) is 4.07. The molecule has 4 aliphatic heterocycles. The first kappa shape index (κ1) is 21.4. The molecule has 0 bridgehead atoms. The van der Waals surface area contributed by atoms with Gasteiger partial charge in [0.05, 0.1) is 25.8 Å². The third kappa shape index (κ3) is 3.30. The molecule has 10 heteroatoms. The molecule has 0 spiro atoms. The third-order valence-corrected chi connectivity index (χ3v) is 6.12. The molecule has 6 atom stereocenters. The molecule has 0 aromatic heterocycles. The summed E-state index contributed by atoms with van der Waals surface area (Å²) >= 11 is 0. The fourth-order valence-electron chi connectivity index (χ4n) is 4.96. The average Bonchev–Trinajstić information content (AvgIpc) is 3.36. The van der Waals surface area contributed by atoms with Gasteiger partial charge in [0.1, 0.15) is 24.4 Å². The molecule has 4 fully saturated rings. The van der Waals surface area contributed by atoms with E-state index >= 15 is 0 Å². The molecule has 0 saturated carbocycles. The van der Waals surface area contributed by atoms with Crippen LogP contribution in [-0.4, -0.2) is 92.8 Å². The van der Waals surface area contributed by atoms with Gasteiger partial charge >= 0.3 is 5.97 Å². The van der Waals surface area contributed by atoms with Crippen LogP contribution in [0.5, 0.6) is 0 Å². The Kier molecular flexibility index (Phi) is 5.23. The lowest BCUT2D eigenvalue weighted by molar-refractivity contribution is -0.308. The lowest BCUT2D eigenvalue weighted by Crippen LogP contribution is -2.55. The molecule has 0 amide bonds. The summed E-state index contributed by atoms with van der Waals surface area (Å²) in [4.78, 5) is 18.7. The van der Waals surface area contributed by atoms with E-state index in [-0.39, 0.29) is 30.4 Å². The normalized spacial score (nSPS) is 40.8. The molecular formula is C19H31NO9. The van der Waals surface area contributed by atoms with Crippen LogP contribution in [0.3, 0.4) is 0 Å². The molecule has 0 aliphatic carbocycles. The van der Waals surface area contributed by atoms with Gasteiger partial charge in [-0.1, -0.05) is 0 Å². The molecule has 6 unspecified atom stereocenters. The Balaban J connectivity index is 1.63. The number of fused-ring (bicyclic) bond motifs is 3. The molecule has 0 N–H and O–H groups in total. The summed E-state index contributed by atoms with van der Waals surface area (Å²) in [6.45, 7) is 7.92. The molecule has 4 saturated heterocycles. The van der Waals surface area contributed by atoms with Crippen molar-refractivity contribution in [3.63, 3.8) is 0 Å². The van der Waals surface area contributed by atoms with Crippen molar-refractivity contribution in [2.45, 2.75) is 88.0 Å². The summed E-state index contributed by atoms with van der Waals surface area (Å²) in [6.07, 6.45) is -1.07. The number of methoxy groups -OCH3 is 3. The standard InChI is InChI=1S/C19H31NO9/c1-17(2)25-9-11(26-17)13-15-14(27-18(3,4)28-15)10-8-12(29-20(10)13)19(23-6,24-7)16(21)22-5/h10-15H,8-9H2,1-7H3. The topological polar surface area (TPSA) is 94.2 Å². The van der Waals surface area contributed by atoms with Crippen LogP contribution in [0.15, 0.2) is 0 Å². The molecule has 4 aliphatic rings. The second-order valence-electron chi connectivity index (χ2n) is 8.75. The number of hydrogen-bond acceptors (Lipinski definition) is 10. The number of rotatable bonds is 5. The molecule has 4 rings (SSSR count). The zero-order valence-electron chi connectivity index (χ0n) is 18.0. The lowest BCUT2D eigenvalue weighted by Gasteiger charge is -2.35. The van der Waals surface area contributed by atoms with Gasteiger partial charge in [-0.05, 0) is 27.7 Å². The Labute approximate surface area is 170 Å². The highest BCUT2D eigenvalue weighted by Gasteiger charge is 2.67. The maximum Gasteiger partial charge on any atom is 0.369 e. The number of nitrogens with zero attached hydrogens (tertiary/aromatic N) is 1. The summed E-state index contributed by atoms with van der Waals surface area (Å²) in [5, 5.41) is 1.82. The van der Waals surface area contributed by atoms with E-state index < -0.39 is 29.4 Å². The Morgan fingerprint density at radius 2 is 1.66 bits per heavy atom. The number of hydrogen-bond donors (Lipinski definition) is 0. The highest BCUT2D eigenvalue weighted by molar-refractivity contribution is 5.78. The fraction of sp³-hybridized carbons (Fsp3) is 0.947. The van der Waals surface area contributed by atoms with E-state index in [4.69, 9.17) is 38.0 Å². The van der Waals surface area contributed by atoms with Crippen LogP contribution in [-0.2, 0) is 42.8 Å². The van der Waals surface area contributed by atoms with Crippen molar-refractivity contribution < 1.29 is 42.8 Å². The minimum Gasteiger partial charge on any atom is -0.465 e. The second-order valence-corrected chi connectivity index (χ2v) is 8.75. The van der Waals surface area contributed by atoms with E-state index in [0.717, 1.165) is 0 Å². The van der Waals surface area contributed by atoms with Gasteiger partial charge < -0.3 is 33.2 Å². The Morgan fingerprint density at radius 3 is 2.21 bits per heavy atom. The molecular weight excluding hydrogens is 386 g/mol. The van der Waals surface area contributed by atoms with Crippen molar-refractivity contribution in [2.24, 2.45) is 0 Å². The maximum atomic E-state index is 12.5. The number of hydroxylamine groups is 2. The molecule has 0 radical (unpaired) electrons. The smallest absolute Gasteiger partial charge is 0.369 e. The first-order valence-electron chi connectivity index (χ1n) is 9.88. The van der Waals surface area contributed by atoms with Gasteiger partial charge in [-0.2, -0.15) is 5.06 Å². The third-order valence-electron chi connectivity index (χ3n) is 6.12. The molecule has 4 heterocycles. The average molecular weight is 417 g/mol. The number of esters is 1. The van der Waals surface area contributed by atoms with Crippen LogP contribution in [0.25, 0.3) is 0 Å². The summed E-state index contributed by atoms with van der Waals surface area (Å²) in [6, 6.07) is -0.443. The van der Waals surface area contributed by atoms with Crippen molar-refractivity contribution in [3.05, 3.63) is 0 Å². The maximum absolute atomic E-state index is 12.5. The van der Waals surface area contributed by atoms with Crippen LogP contribution in [0.1, 0.15) is 34.1 Å². The van der Waals surface area contributed by atoms with Crippen LogP contribution in [0.2, 0.25) is 0 Å². The number of carbonyl (C=O) groups is 1. The predicted octanol–water partition coefficient (Wildman–Crippen LogP) is 0.577. The van der Waals surface area contributed by atoms with E-state index in [2.05, 4.69) is 0 Å². The number of carbonyl (C=O) groups excluding carboxylic acids is 1. The van der Waals surface area contributed by atoms with Crippen molar-refractivity contribution in [1.29, 1.82) is 0 Å². The van der Waals surface area contributed by atoms with E-state index in [1.165, 1.54) is 21.3 Å². The summed E-state index contributed by atoms with van der Waals surface area (Å²) in [5.41, 5.74) is 0. The highest BCUT2D eigenvalue weighted by Crippen LogP contribution is 2.49. The summed E-state index contributed by atoms with van der Waals surface area (Å²) < 4.78 is 40.2. The van der Waals surface area contributed by atoms with Crippen molar-refractivity contribution in [3.8, 4) is 0 Å². The van der Waals surface area contributed by atoms with Crippen LogP contribution in [0, 0.1) is 0 Å². The first-order chi connectivity index (χ1) is 13.6. The van der Waals surface area contributed by atoms with Crippen molar-refractivity contribution >= 4 is 5.97 Å². The lowest BCUT2D eigenvalue weighted by atomic mass is 9.97. The molecule has 166 valence electrons. The Morgan fingerprint density at radius 1 is 1.00 bits per heavy atom. The monoisotopic (exact) mass is 417 g/mol. The van der Waals surface area contributed by atoms with E-state index in [1.54, 1.807) is 0 Å². The second kappa shape index (κ2) is 7.10. The van der Waals surface area contributed by atoms with Crippen molar-refractivity contribution in [2.75, 3.05) is 27.9 Å². The minimum absolute atomic E-state index is 0.168. The van der Waals surface area contributed by atoms with Crippen molar-refractivity contribution in [1.82, 2.24) is 5.06 Å². The van der Waals surface area contributed by atoms with E-state index in [1.807, 2.05) is 32.8 Å². The van der Waals surface area contributed by atoms with Gasteiger partial charge in [-0.15, -0.1) is 0 Å². The van der Waals surface area contributed by atoms with Gasteiger partial charge in [0, 0.05) is 20.6 Å². The Hall–Kier alpha value is -0.850. The first-order valence-corrected chi connectivity index (χ1v) is 9.88. The Bertz CT molecular complexity index is 650.